The van der Waals surface area contributed by atoms with Crippen molar-refractivity contribution in [3.63, 3.8) is 0 Å². The van der Waals surface area contributed by atoms with Gasteiger partial charge in [-0.3, -0.25) is 4.79 Å². The number of piperidine rings is 1. The molecule has 0 unspecified atom stereocenters. The molecule has 0 saturated carbocycles. The van der Waals surface area contributed by atoms with Crippen LogP contribution in [-0.4, -0.2) is 37.0 Å². The first-order chi connectivity index (χ1) is 10.6. The maximum atomic E-state index is 11.9. The van der Waals surface area contributed by atoms with E-state index in [9.17, 15) is 4.79 Å². The van der Waals surface area contributed by atoms with E-state index in [2.05, 4.69) is 10.2 Å². The highest BCUT2D eigenvalue weighted by atomic mass is 35.5. The molecule has 0 aliphatic carbocycles. The van der Waals surface area contributed by atoms with E-state index in [1.165, 1.54) is 32.4 Å². The number of hydrogen-bond donors (Lipinski definition) is 1. The lowest BCUT2D eigenvalue weighted by Gasteiger charge is -2.26. The van der Waals surface area contributed by atoms with Crippen LogP contribution in [0.15, 0.2) is 18.2 Å². The van der Waals surface area contributed by atoms with Crippen LogP contribution < -0.4 is 5.32 Å². The Bertz CT molecular complexity index is 484. The molecule has 1 N–H and O–H groups in total. The molecule has 1 heterocycles. The average Bonchev–Trinajstić information content (AvgIpc) is 2.54. The first-order valence-electron chi connectivity index (χ1n) is 8.39. The van der Waals surface area contributed by atoms with Crippen LogP contribution in [0.1, 0.15) is 43.2 Å². The molecular weight excluding hydrogens is 296 g/mol. The van der Waals surface area contributed by atoms with E-state index in [4.69, 9.17) is 11.6 Å². The Balaban J connectivity index is 1.58. The van der Waals surface area contributed by atoms with Crippen molar-refractivity contribution >= 4 is 17.5 Å². The van der Waals surface area contributed by atoms with Crippen molar-refractivity contribution < 1.29 is 4.79 Å². The summed E-state index contributed by atoms with van der Waals surface area (Å²) in [5.74, 6) is 0.135. The first-order valence-corrected chi connectivity index (χ1v) is 8.77. The van der Waals surface area contributed by atoms with Gasteiger partial charge in [0, 0.05) is 18.0 Å². The maximum absolute atomic E-state index is 11.9. The van der Waals surface area contributed by atoms with E-state index in [0.717, 1.165) is 42.1 Å². The summed E-state index contributed by atoms with van der Waals surface area (Å²) in [5, 5.41) is 3.80. The summed E-state index contributed by atoms with van der Waals surface area (Å²) in [6.45, 7) is 6.32. The second-order valence-corrected chi connectivity index (χ2v) is 6.60. The minimum atomic E-state index is 0.135. The van der Waals surface area contributed by atoms with E-state index in [1.807, 2.05) is 25.1 Å². The summed E-state index contributed by atoms with van der Waals surface area (Å²) in [6, 6.07) is 6.01. The largest absolute Gasteiger partial charge is 0.356 e. The summed E-state index contributed by atoms with van der Waals surface area (Å²) in [4.78, 5) is 14.4. The summed E-state index contributed by atoms with van der Waals surface area (Å²) >= 11 is 6.10. The lowest BCUT2D eigenvalue weighted by Crippen LogP contribution is -2.33. The Labute approximate surface area is 139 Å². The first kappa shape index (κ1) is 17.3. The van der Waals surface area contributed by atoms with Crippen molar-refractivity contribution in [2.75, 3.05) is 26.2 Å². The van der Waals surface area contributed by atoms with Crippen LogP contribution in [0, 0.1) is 6.92 Å². The fourth-order valence-corrected chi connectivity index (χ4v) is 3.05. The number of hydrogen-bond acceptors (Lipinski definition) is 2. The molecule has 1 saturated heterocycles. The molecule has 0 aromatic heterocycles. The zero-order chi connectivity index (χ0) is 15.8. The lowest BCUT2D eigenvalue weighted by atomic mass is 10.1. The van der Waals surface area contributed by atoms with Gasteiger partial charge in [0.2, 0.25) is 5.91 Å². The number of nitrogens with one attached hydrogen (secondary N) is 1. The number of carbonyl (C=O) groups is 1. The van der Waals surface area contributed by atoms with E-state index in [0.29, 0.717) is 6.42 Å². The highest BCUT2D eigenvalue weighted by Gasteiger charge is 2.09. The average molecular weight is 323 g/mol. The predicted octanol–water partition coefficient (Wildman–Crippen LogP) is 3.57. The molecule has 1 aromatic rings. The SMILES string of the molecule is Cc1ccc(CCC(=O)NCCCN2CCCCC2)cc1Cl. The van der Waals surface area contributed by atoms with Crippen LogP contribution in [0.5, 0.6) is 0 Å². The second kappa shape index (κ2) is 9.16. The van der Waals surface area contributed by atoms with Crippen molar-refractivity contribution in [2.24, 2.45) is 0 Å². The number of amides is 1. The van der Waals surface area contributed by atoms with Crippen LogP contribution in [0.2, 0.25) is 5.02 Å². The van der Waals surface area contributed by atoms with Gasteiger partial charge in [-0.05, 0) is 69.4 Å². The third-order valence-corrected chi connectivity index (χ3v) is 4.71. The normalized spacial score (nSPS) is 15.7. The Kier molecular flexibility index (Phi) is 7.20. The van der Waals surface area contributed by atoms with Gasteiger partial charge in [-0.15, -0.1) is 0 Å². The molecule has 1 aliphatic rings. The van der Waals surface area contributed by atoms with Gasteiger partial charge >= 0.3 is 0 Å². The topological polar surface area (TPSA) is 32.3 Å². The van der Waals surface area contributed by atoms with Crippen LogP contribution in [0.3, 0.4) is 0 Å². The molecule has 1 amide bonds. The molecule has 0 radical (unpaired) electrons. The summed E-state index contributed by atoms with van der Waals surface area (Å²) in [6.07, 6.45) is 6.34. The number of carbonyl (C=O) groups excluding carboxylic acids is 1. The predicted molar refractivity (Wildman–Crippen MR) is 92.4 cm³/mol. The zero-order valence-corrected chi connectivity index (χ0v) is 14.3. The quantitative estimate of drug-likeness (QED) is 0.778. The molecular formula is C18H27ClN2O. The fourth-order valence-electron chi connectivity index (χ4n) is 2.85. The van der Waals surface area contributed by atoms with Gasteiger partial charge in [-0.1, -0.05) is 30.2 Å². The lowest BCUT2D eigenvalue weighted by molar-refractivity contribution is -0.121. The number of benzene rings is 1. The van der Waals surface area contributed by atoms with Crippen LogP contribution >= 0.6 is 11.6 Å². The smallest absolute Gasteiger partial charge is 0.220 e. The van der Waals surface area contributed by atoms with Gasteiger partial charge in [0.25, 0.3) is 0 Å². The number of halogens is 1. The number of aryl methyl sites for hydroxylation is 2. The summed E-state index contributed by atoms with van der Waals surface area (Å²) in [7, 11) is 0. The molecule has 1 fully saturated rings. The van der Waals surface area contributed by atoms with E-state index in [1.54, 1.807) is 0 Å². The van der Waals surface area contributed by atoms with Crippen molar-refractivity contribution in [1.29, 1.82) is 0 Å². The summed E-state index contributed by atoms with van der Waals surface area (Å²) in [5.41, 5.74) is 2.20. The second-order valence-electron chi connectivity index (χ2n) is 6.19. The van der Waals surface area contributed by atoms with E-state index >= 15 is 0 Å². The molecule has 2 rings (SSSR count). The zero-order valence-electron chi connectivity index (χ0n) is 13.5. The van der Waals surface area contributed by atoms with Crippen LogP contribution in [0.4, 0.5) is 0 Å². The van der Waals surface area contributed by atoms with Crippen molar-refractivity contribution in [2.45, 2.75) is 45.4 Å². The van der Waals surface area contributed by atoms with Crippen molar-refractivity contribution in [3.05, 3.63) is 34.3 Å². The molecule has 4 heteroatoms. The molecule has 0 spiro atoms. The standard InChI is InChI=1S/C18H27ClN2O/c1-15-6-7-16(14-17(15)19)8-9-18(22)20-10-5-13-21-11-3-2-4-12-21/h6-7,14H,2-5,8-13H2,1H3,(H,20,22). The highest BCUT2D eigenvalue weighted by Crippen LogP contribution is 2.17. The monoisotopic (exact) mass is 322 g/mol. The Morgan fingerprint density at radius 1 is 1.27 bits per heavy atom. The van der Waals surface area contributed by atoms with Crippen molar-refractivity contribution in [3.8, 4) is 0 Å². The van der Waals surface area contributed by atoms with Crippen molar-refractivity contribution in [1.82, 2.24) is 10.2 Å². The molecule has 3 nitrogen and oxygen atoms in total. The Morgan fingerprint density at radius 2 is 2.05 bits per heavy atom. The molecule has 1 aromatic carbocycles. The highest BCUT2D eigenvalue weighted by molar-refractivity contribution is 6.31. The van der Waals surface area contributed by atoms with Gasteiger partial charge in [0.05, 0.1) is 0 Å². The maximum Gasteiger partial charge on any atom is 0.220 e. The molecule has 0 atom stereocenters. The number of rotatable bonds is 7. The molecule has 122 valence electrons. The molecule has 1 aliphatic heterocycles. The number of nitrogens with zero attached hydrogens (tertiary/aromatic N) is 1. The van der Waals surface area contributed by atoms with Gasteiger partial charge in [-0.25, -0.2) is 0 Å². The third-order valence-electron chi connectivity index (χ3n) is 4.30. The van der Waals surface area contributed by atoms with E-state index in [-0.39, 0.29) is 5.91 Å². The number of likely N-dealkylation sites (tertiary alicyclic amines) is 1. The molecule has 22 heavy (non-hydrogen) atoms. The van der Waals surface area contributed by atoms with Crippen LogP contribution in [-0.2, 0) is 11.2 Å². The molecule has 0 bridgehead atoms. The van der Waals surface area contributed by atoms with Gasteiger partial charge in [-0.2, -0.15) is 0 Å². The summed E-state index contributed by atoms with van der Waals surface area (Å²) < 4.78 is 0. The Hall–Kier alpha value is -1.06. The Morgan fingerprint density at radius 3 is 2.77 bits per heavy atom. The minimum Gasteiger partial charge on any atom is -0.356 e. The van der Waals surface area contributed by atoms with E-state index < -0.39 is 0 Å². The van der Waals surface area contributed by atoms with Gasteiger partial charge in [0.1, 0.15) is 0 Å². The van der Waals surface area contributed by atoms with Gasteiger partial charge < -0.3 is 10.2 Å². The fraction of sp³-hybridized carbons (Fsp3) is 0.611. The van der Waals surface area contributed by atoms with Gasteiger partial charge in [0.15, 0.2) is 0 Å². The minimum absolute atomic E-state index is 0.135. The van der Waals surface area contributed by atoms with Crippen LogP contribution in [0.25, 0.3) is 0 Å². The third kappa shape index (κ3) is 5.98.